The summed E-state index contributed by atoms with van der Waals surface area (Å²) >= 11 is 0. The summed E-state index contributed by atoms with van der Waals surface area (Å²) in [6.07, 6.45) is 1.30. The molecule has 0 aliphatic heterocycles. The number of para-hydroxylation sites is 1. The molecule has 6 heteroatoms. The first-order chi connectivity index (χ1) is 8.58. The van der Waals surface area contributed by atoms with Crippen molar-refractivity contribution in [1.82, 2.24) is 0 Å². The Bertz CT molecular complexity index is 585. The van der Waals surface area contributed by atoms with Crippen LogP contribution in [0.5, 0.6) is 0 Å². The van der Waals surface area contributed by atoms with Crippen LogP contribution in [0.1, 0.15) is 5.56 Å². The van der Waals surface area contributed by atoms with Gasteiger partial charge in [0.25, 0.3) is 5.69 Å². The summed E-state index contributed by atoms with van der Waals surface area (Å²) in [4.78, 5) is 10.3. The van der Waals surface area contributed by atoms with E-state index in [1.54, 1.807) is 19.1 Å². The standard InChI is InChI=1S/C12H11N3O3/c1-9-8-14(16)12(7-11(9)15(17)18)13-10-5-3-2-4-6-10/h2-8,16H,1H3/p+1. The van der Waals surface area contributed by atoms with Crippen molar-refractivity contribution in [3.63, 3.8) is 0 Å². The molecule has 0 fully saturated rings. The second kappa shape index (κ2) is 4.70. The van der Waals surface area contributed by atoms with Gasteiger partial charge in [0.15, 0.2) is 0 Å². The van der Waals surface area contributed by atoms with Gasteiger partial charge in [-0.3, -0.25) is 10.1 Å². The third-order valence-electron chi connectivity index (χ3n) is 2.48. The number of hydrogen-bond acceptors (Lipinski definition) is 4. The molecule has 18 heavy (non-hydrogen) atoms. The van der Waals surface area contributed by atoms with E-state index in [1.807, 2.05) is 18.2 Å². The third-order valence-corrected chi connectivity index (χ3v) is 2.48. The molecule has 0 bridgehead atoms. The van der Waals surface area contributed by atoms with Gasteiger partial charge in [0.2, 0.25) is 0 Å². The Morgan fingerprint density at radius 1 is 1.33 bits per heavy atom. The Labute approximate surface area is 103 Å². The molecule has 0 aliphatic carbocycles. The topological polar surface area (TPSA) is 79.3 Å². The number of benzene rings is 1. The van der Waals surface area contributed by atoms with E-state index in [1.165, 1.54) is 12.3 Å². The van der Waals surface area contributed by atoms with E-state index in [-0.39, 0.29) is 11.5 Å². The van der Waals surface area contributed by atoms with Gasteiger partial charge in [0.1, 0.15) is 18.0 Å². The van der Waals surface area contributed by atoms with E-state index in [0.717, 1.165) is 10.4 Å². The Morgan fingerprint density at radius 2 is 2.00 bits per heavy atom. The second-order valence-electron chi connectivity index (χ2n) is 3.82. The molecule has 2 N–H and O–H groups in total. The molecule has 0 spiro atoms. The molecule has 2 aromatic rings. The largest absolute Gasteiger partial charge is 0.350 e. The summed E-state index contributed by atoms with van der Waals surface area (Å²) in [5.74, 6) is 0.235. The lowest BCUT2D eigenvalue weighted by molar-refractivity contribution is -0.893. The molecule has 0 radical (unpaired) electrons. The SMILES string of the molecule is Cc1c[n+](O)c(Nc2ccccc2)cc1[N+](=O)[O-]. The van der Waals surface area contributed by atoms with Crippen molar-refractivity contribution >= 4 is 17.2 Å². The van der Waals surface area contributed by atoms with Crippen LogP contribution in [0.4, 0.5) is 17.2 Å². The van der Waals surface area contributed by atoms with Crippen LogP contribution in [0, 0.1) is 17.0 Å². The number of pyridine rings is 1. The van der Waals surface area contributed by atoms with E-state index < -0.39 is 4.92 Å². The molecule has 1 heterocycles. The minimum atomic E-state index is -0.481. The Hall–Kier alpha value is -2.63. The lowest BCUT2D eigenvalue weighted by atomic mass is 10.2. The Morgan fingerprint density at radius 3 is 2.61 bits per heavy atom. The van der Waals surface area contributed by atoms with Crippen LogP contribution in [0.3, 0.4) is 0 Å². The van der Waals surface area contributed by atoms with E-state index in [9.17, 15) is 15.3 Å². The van der Waals surface area contributed by atoms with Crippen LogP contribution in [0.2, 0.25) is 0 Å². The highest BCUT2D eigenvalue weighted by atomic mass is 16.6. The maximum atomic E-state index is 10.8. The van der Waals surface area contributed by atoms with Gasteiger partial charge in [0.05, 0.1) is 10.5 Å². The smallest absolute Gasteiger partial charge is 0.325 e. The molecule has 92 valence electrons. The van der Waals surface area contributed by atoms with Crippen LogP contribution < -0.4 is 10.0 Å². The zero-order valence-electron chi connectivity index (χ0n) is 9.70. The number of aryl methyl sites for hydroxylation is 1. The van der Waals surface area contributed by atoms with Crippen LogP contribution in [-0.2, 0) is 0 Å². The minimum Gasteiger partial charge on any atom is -0.350 e. The lowest BCUT2D eigenvalue weighted by Crippen LogP contribution is -2.33. The van der Waals surface area contributed by atoms with E-state index in [2.05, 4.69) is 5.32 Å². The molecule has 2 rings (SSSR count). The zero-order chi connectivity index (χ0) is 13.1. The van der Waals surface area contributed by atoms with E-state index in [4.69, 9.17) is 0 Å². The molecule has 6 nitrogen and oxygen atoms in total. The molecule has 1 aromatic heterocycles. The average molecular weight is 246 g/mol. The van der Waals surface area contributed by atoms with Crippen molar-refractivity contribution in [3.8, 4) is 0 Å². The molecule has 0 saturated heterocycles. The first-order valence-electron chi connectivity index (χ1n) is 5.30. The molecular formula is C12H12N3O3+. The highest BCUT2D eigenvalue weighted by Gasteiger charge is 2.20. The van der Waals surface area contributed by atoms with Crippen molar-refractivity contribution < 1.29 is 14.9 Å². The quantitative estimate of drug-likeness (QED) is 0.376. The molecule has 0 amide bonds. The number of nitro groups is 1. The molecule has 0 saturated carbocycles. The van der Waals surface area contributed by atoms with Gasteiger partial charge in [-0.2, -0.15) is 0 Å². The third kappa shape index (κ3) is 2.37. The number of anilines is 2. The van der Waals surface area contributed by atoms with Gasteiger partial charge in [-0.1, -0.05) is 22.9 Å². The Balaban J connectivity index is 2.39. The highest BCUT2D eigenvalue weighted by molar-refractivity contribution is 5.56. The predicted molar refractivity (Wildman–Crippen MR) is 64.9 cm³/mol. The average Bonchev–Trinajstić information content (AvgIpc) is 2.33. The van der Waals surface area contributed by atoms with Crippen molar-refractivity contribution in [2.75, 3.05) is 5.32 Å². The van der Waals surface area contributed by atoms with Gasteiger partial charge in [0, 0.05) is 0 Å². The Kier molecular flexibility index (Phi) is 3.09. The summed E-state index contributed by atoms with van der Waals surface area (Å²) in [5, 5.41) is 23.4. The van der Waals surface area contributed by atoms with Gasteiger partial charge in [-0.05, 0) is 19.1 Å². The fraction of sp³-hybridized carbons (Fsp3) is 0.0833. The van der Waals surface area contributed by atoms with Crippen molar-refractivity contribution in [2.45, 2.75) is 6.92 Å². The summed E-state index contributed by atoms with van der Waals surface area (Å²) in [6, 6.07) is 10.4. The second-order valence-corrected chi connectivity index (χ2v) is 3.82. The lowest BCUT2D eigenvalue weighted by Gasteiger charge is -2.02. The maximum Gasteiger partial charge on any atom is 0.325 e. The van der Waals surface area contributed by atoms with Crippen molar-refractivity contribution in [1.29, 1.82) is 0 Å². The van der Waals surface area contributed by atoms with Crippen LogP contribution >= 0.6 is 0 Å². The van der Waals surface area contributed by atoms with E-state index in [0.29, 0.717) is 5.56 Å². The summed E-state index contributed by atoms with van der Waals surface area (Å²) < 4.78 is 0.829. The fourth-order valence-corrected chi connectivity index (χ4v) is 1.59. The van der Waals surface area contributed by atoms with Crippen LogP contribution in [0.15, 0.2) is 42.6 Å². The van der Waals surface area contributed by atoms with E-state index >= 15 is 0 Å². The van der Waals surface area contributed by atoms with Gasteiger partial charge in [-0.15, -0.1) is 0 Å². The monoisotopic (exact) mass is 246 g/mol. The fourth-order valence-electron chi connectivity index (χ4n) is 1.59. The highest BCUT2D eigenvalue weighted by Crippen LogP contribution is 2.20. The summed E-state index contributed by atoms with van der Waals surface area (Å²) in [7, 11) is 0. The molecule has 1 aromatic carbocycles. The molecule has 0 atom stereocenters. The van der Waals surface area contributed by atoms with Crippen LogP contribution in [0.25, 0.3) is 0 Å². The van der Waals surface area contributed by atoms with Crippen LogP contribution in [-0.4, -0.2) is 10.1 Å². The molecule has 0 aliphatic rings. The number of aromatic nitrogens is 1. The van der Waals surface area contributed by atoms with Crippen molar-refractivity contribution in [3.05, 3.63) is 58.3 Å². The first-order valence-corrected chi connectivity index (χ1v) is 5.30. The number of nitrogens with one attached hydrogen (secondary N) is 1. The number of rotatable bonds is 3. The normalized spacial score (nSPS) is 10.1. The van der Waals surface area contributed by atoms with Gasteiger partial charge in [-0.25, -0.2) is 5.32 Å². The van der Waals surface area contributed by atoms with Gasteiger partial charge < -0.3 is 5.21 Å². The summed E-state index contributed by atoms with van der Waals surface area (Å²) in [5.41, 5.74) is 1.08. The van der Waals surface area contributed by atoms with Crippen molar-refractivity contribution in [2.24, 2.45) is 0 Å². The molecular weight excluding hydrogens is 234 g/mol. The predicted octanol–water partition coefficient (Wildman–Crippen LogP) is 2.17. The summed E-state index contributed by atoms with van der Waals surface area (Å²) in [6.45, 7) is 1.57. The first kappa shape index (κ1) is 11.8. The number of hydrogen-bond donors (Lipinski definition) is 2. The minimum absolute atomic E-state index is 0.0428. The maximum absolute atomic E-state index is 10.8. The van der Waals surface area contributed by atoms with Gasteiger partial charge >= 0.3 is 5.82 Å². The number of nitrogens with zero attached hydrogens (tertiary/aromatic N) is 2. The molecule has 0 unspecified atom stereocenters. The zero-order valence-corrected chi connectivity index (χ0v) is 9.70.